The van der Waals surface area contributed by atoms with E-state index in [1.807, 2.05) is 0 Å². The molecule has 0 radical (unpaired) electrons. The zero-order valence-electron chi connectivity index (χ0n) is 15.4. The molecule has 1 N–H and O–H groups in total. The number of benzene rings is 2. The first-order chi connectivity index (χ1) is 13.4. The molecule has 0 saturated carbocycles. The summed E-state index contributed by atoms with van der Waals surface area (Å²) < 4.78 is 10.3. The number of carbonyl (C=O) groups excluding carboxylic acids is 2. The molecule has 0 unspecified atom stereocenters. The van der Waals surface area contributed by atoms with E-state index in [4.69, 9.17) is 9.47 Å². The zero-order valence-corrected chi connectivity index (χ0v) is 15.4. The Labute approximate surface area is 161 Å². The van der Waals surface area contributed by atoms with Crippen LogP contribution in [0.4, 0.5) is 17.1 Å². The SMILES string of the molecule is COc1ccc([N+](=O)[O-])c(NC(=O)[C@H]2CC(=O)N(c3ccccc3OC)C2)c1. The Balaban J connectivity index is 1.80. The van der Waals surface area contributed by atoms with Crippen molar-refractivity contribution >= 4 is 28.9 Å². The molecular formula is C19H19N3O6. The van der Waals surface area contributed by atoms with E-state index in [0.29, 0.717) is 17.2 Å². The number of hydrogen-bond donors (Lipinski definition) is 1. The Bertz CT molecular complexity index is 930. The van der Waals surface area contributed by atoms with Crippen LogP contribution in [0.5, 0.6) is 11.5 Å². The van der Waals surface area contributed by atoms with Gasteiger partial charge in [0.2, 0.25) is 11.8 Å². The Morgan fingerprint density at radius 2 is 1.96 bits per heavy atom. The number of anilines is 2. The maximum Gasteiger partial charge on any atom is 0.293 e. The largest absolute Gasteiger partial charge is 0.497 e. The van der Waals surface area contributed by atoms with Crippen LogP contribution in [0.1, 0.15) is 6.42 Å². The number of nitro benzene ring substituents is 1. The number of methoxy groups -OCH3 is 2. The topological polar surface area (TPSA) is 111 Å². The zero-order chi connectivity index (χ0) is 20.3. The Morgan fingerprint density at radius 1 is 1.21 bits per heavy atom. The molecule has 1 heterocycles. The van der Waals surface area contributed by atoms with Gasteiger partial charge in [0.15, 0.2) is 0 Å². The molecule has 3 rings (SSSR count). The van der Waals surface area contributed by atoms with Gasteiger partial charge < -0.3 is 19.7 Å². The van der Waals surface area contributed by atoms with Crippen molar-refractivity contribution in [2.45, 2.75) is 6.42 Å². The first-order valence-corrected chi connectivity index (χ1v) is 8.51. The van der Waals surface area contributed by atoms with Crippen LogP contribution < -0.4 is 19.7 Å². The van der Waals surface area contributed by atoms with Crippen molar-refractivity contribution in [3.8, 4) is 11.5 Å². The molecule has 2 aromatic carbocycles. The number of rotatable bonds is 6. The minimum Gasteiger partial charge on any atom is -0.497 e. The number of para-hydroxylation sites is 2. The van der Waals surface area contributed by atoms with Crippen LogP contribution in [0.2, 0.25) is 0 Å². The van der Waals surface area contributed by atoms with Gasteiger partial charge in [0, 0.05) is 25.1 Å². The fourth-order valence-electron chi connectivity index (χ4n) is 3.11. The van der Waals surface area contributed by atoms with Crippen LogP contribution in [0, 0.1) is 16.0 Å². The minimum absolute atomic E-state index is 0.00163. The van der Waals surface area contributed by atoms with Gasteiger partial charge in [-0.1, -0.05) is 12.1 Å². The standard InChI is InChI=1S/C19H19N3O6/c1-27-13-7-8-15(22(25)26)14(10-13)20-19(24)12-9-18(23)21(11-12)16-5-3-4-6-17(16)28-2/h3-8,10,12H,9,11H2,1-2H3,(H,20,24)/t12-/m0/s1. The second-order valence-electron chi connectivity index (χ2n) is 6.21. The summed E-state index contributed by atoms with van der Waals surface area (Å²) in [5, 5.41) is 13.8. The third-order valence-electron chi connectivity index (χ3n) is 4.53. The molecule has 146 valence electrons. The highest BCUT2D eigenvalue weighted by Gasteiger charge is 2.36. The lowest BCUT2D eigenvalue weighted by Crippen LogP contribution is -2.28. The number of ether oxygens (including phenoxy) is 2. The fraction of sp³-hybridized carbons (Fsp3) is 0.263. The maximum absolute atomic E-state index is 12.7. The van der Waals surface area contributed by atoms with Gasteiger partial charge in [-0.05, 0) is 18.2 Å². The maximum atomic E-state index is 12.7. The van der Waals surface area contributed by atoms with Crippen LogP contribution in [0.3, 0.4) is 0 Å². The van der Waals surface area contributed by atoms with Gasteiger partial charge in [-0.25, -0.2) is 0 Å². The van der Waals surface area contributed by atoms with Crippen molar-refractivity contribution < 1.29 is 24.0 Å². The molecule has 2 amide bonds. The molecule has 1 aliphatic heterocycles. The van der Waals surface area contributed by atoms with Crippen molar-refractivity contribution in [3.63, 3.8) is 0 Å². The lowest BCUT2D eigenvalue weighted by atomic mass is 10.1. The number of hydrogen-bond acceptors (Lipinski definition) is 6. The van der Waals surface area contributed by atoms with E-state index < -0.39 is 16.7 Å². The smallest absolute Gasteiger partial charge is 0.293 e. The van der Waals surface area contributed by atoms with E-state index in [1.165, 1.54) is 37.3 Å². The first kappa shape index (κ1) is 19.2. The molecule has 1 saturated heterocycles. The minimum atomic E-state index is -0.650. The van der Waals surface area contributed by atoms with Gasteiger partial charge >= 0.3 is 0 Å². The Kier molecular flexibility index (Phi) is 5.44. The summed E-state index contributed by atoms with van der Waals surface area (Å²) in [7, 11) is 2.93. The van der Waals surface area contributed by atoms with Crippen molar-refractivity contribution in [1.29, 1.82) is 0 Å². The molecule has 9 heteroatoms. The van der Waals surface area contributed by atoms with Gasteiger partial charge in [0.1, 0.15) is 17.2 Å². The number of nitrogens with one attached hydrogen (secondary N) is 1. The quantitative estimate of drug-likeness (QED) is 0.604. The Morgan fingerprint density at radius 3 is 2.64 bits per heavy atom. The van der Waals surface area contributed by atoms with Crippen LogP contribution in [0.25, 0.3) is 0 Å². The molecule has 9 nitrogen and oxygen atoms in total. The molecule has 2 aromatic rings. The predicted octanol–water partition coefficient (Wildman–Crippen LogP) is 2.60. The molecule has 28 heavy (non-hydrogen) atoms. The molecule has 1 aliphatic rings. The summed E-state index contributed by atoms with van der Waals surface area (Å²) in [5.74, 6) is -0.436. The number of nitrogens with zero attached hydrogens (tertiary/aromatic N) is 2. The van der Waals surface area contributed by atoms with Crippen molar-refractivity contribution in [1.82, 2.24) is 0 Å². The molecule has 1 fully saturated rings. The van der Waals surface area contributed by atoms with E-state index in [1.54, 1.807) is 24.3 Å². The van der Waals surface area contributed by atoms with Crippen LogP contribution in [-0.2, 0) is 9.59 Å². The fourth-order valence-corrected chi connectivity index (χ4v) is 3.11. The van der Waals surface area contributed by atoms with E-state index in [-0.39, 0.29) is 30.2 Å². The van der Waals surface area contributed by atoms with E-state index in [2.05, 4.69) is 5.32 Å². The normalized spacial score (nSPS) is 16.0. The second kappa shape index (κ2) is 7.95. The summed E-state index contributed by atoms with van der Waals surface area (Å²) >= 11 is 0. The van der Waals surface area contributed by atoms with Gasteiger partial charge in [0.05, 0.1) is 30.7 Å². The van der Waals surface area contributed by atoms with Crippen LogP contribution in [-0.4, -0.2) is 37.5 Å². The predicted molar refractivity (Wildman–Crippen MR) is 102 cm³/mol. The highest BCUT2D eigenvalue weighted by molar-refractivity contribution is 6.04. The summed E-state index contributed by atoms with van der Waals surface area (Å²) in [6.07, 6.45) is 0.00163. The molecule has 1 atom stereocenters. The molecular weight excluding hydrogens is 366 g/mol. The molecule has 0 aliphatic carbocycles. The number of nitro groups is 1. The molecule has 0 bridgehead atoms. The first-order valence-electron chi connectivity index (χ1n) is 8.51. The summed E-state index contributed by atoms with van der Waals surface area (Å²) in [6, 6.07) is 11.1. The van der Waals surface area contributed by atoms with Crippen LogP contribution in [0.15, 0.2) is 42.5 Å². The third-order valence-corrected chi connectivity index (χ3v) is 4.53. The number of carbonyl (C=O) groups is 2. The summed E-state index contributed by atoms with van der Waals surface area (Å²) in [6.45, 7) is 0.156. The van der Waals surface area contributed by atoms with E-state index >= 15 is 0 Å². The van der Waals surface area contributed by atoms with Gasteiger partial charge in [-0.3, -0.25) is 19.7 Å². The van der Waals surface area contributed by atoms with E-state index in [9.17, 15) is 19.7 Å². The average Bonchev–Trinajstić information content (AvgIpc) is 3.09. The van der Waals surface area contributed by atoms with Gasteiger partial charge in [-0.15, -0.1) is 0 Å². The van der Waals surface area contributed by atoms with Crippen LogP contribution >= 0.6 is 0 Å². The van der Waals surface area contributed by atoms with E-state index in [0.717, 1.165) is 0 Å². The molecule has 0 spiro atoms. The number of amides is 2. The highest BCUT2D eigenvalue weighted by atomic mass is 16.6. The summed E-state index contributed by atoms with van der Waals surface area (Å²) in [5.41, 5.74) is 0.357. The average molecular weight is 385 g/mol. The molecule has 0 aromatic heterocycles. The third kappa shape index (κ3) is 3.73. The Hall–Kier alpha value is -3.62. The summed E-state index contributed by atoms with van der Waals surface area (Å²) in [4.78, 5) is 37.3. The van der Waals surface area contributed by atoms with Gasteiger partial charge in [0.25, 0.3) is 5.69 Å². The van der Waals surface area contributed by atoms with Crippen molar-refractivity contribution in [2.75, 3.05) is 31.0 Å². The highest BCUT2D eigenvalue weighted by Crippen LogP contribution is 2.34. The van der Waals surface area contributed by atoms with Gasteiger partial charge in [-0.2, -0.15) is 0 Å². The lowest BCUT2D eigenvalue weighted by Gasteiger charge is -2.19. The second-order valence-corrected chi connectivity index (χ2v) is 6.21. The lowest BCUT2D eigenvalue weighted by molar-refractivity contribution is -0.383. The van der Waals surface area contributed by atoms with Crippen molar-refractivity contribution in [3.05, 3.63) is 52.6 Å². The van der Waals surface area contributed by atoms with Crippen molar-refractivity contribution in [2.24, 2.45) is 5.92 Å². The monoisotopic (exact) mass is 385 g/mol.